The molecule has 2 bridgehead atoms. The molecule has 2 heterocycles. The summed E-state index contributed by atoms with van der Waals surface area (Å²) in [5.41, 5.74) is 6.78. The molecule has 2 saturated heterocycles. The number of rotatable bonds is 8. The van der Waals surface area contributed by atoms with Crippen LogP contribution in [-0.4, -0.2) is 74.6 Å². The Bertz CT molecular complexity index is 889. The zero-order chi connectivity index (χ0) is 23.5. The molecule has 0 aliphatic carbocycles. The van der Waals surface area contributed by atoms with Crippen molar-refractivity contribution >= 4 is 33.2 Å². The second-order valence-corrected chi connectivity index (χ2v) is 13.1. The maximum Gasteiger partial charge on any atom is 0.251 e. The Hall–Kier alpha value is -1.45. The monoisotopic (exact) mass is 483 g/mol. The van der Waals surface area contributed by atoms with Crippen LogP contribution >= 0.6 is 11.8 Å². The Morgan fingerprint density at radius 1 is 1.22 bits per heavy atom. The van der Waals surface area contributed by atoms with Gasteiger partial charge in [-0.1, -0.05) is 13.8 Å². The number of likely N-dealkylation sites (tertiary alicyclic amines) is 1. The third-order valence-electron chi connectivity index (χ3n) is 6.37. The van der Waals surface area contributed by atoms with E-state index in [9.17, 15) is 13.2 Å². The fraction of sp³-hybridized carbons (Fsp3) is 0.696. The molecule has 2 fully saturated rings. The van der Waals surface area contributed by atoms with E-state index in [4.69, 9.17) is 10.5 Å². The Morgan fingerprint density at radius 3 is 2.50 bits per heavy atom. The molecule has 3 atom stereocenters. The zero-order valence-electron chi connectivity index (χ0n) is 19.6. The summed E-state index contributed by atoms with van der Waals surface area (Å²) in [4.78, 5) is 17.6. The summed E-state index contributed by atoms with van der Waals surface area (Å²) < 4.78 is 29.9. The van der Waals surface area contributed by atoms with Crippen molar-refractivity contribution in [2.24, 2.45) is 17.1 Å². The molecule has 180 valence electrons. The number of anilines is 1. The number of hydrogen-bond donors (Lipinski definition) is 1. The molecule has 2 aliphatic heterocycles. The van der Waals surface area contributed by atoms with E-state index in [1.165, 1.54) is 0 Å². The van der Waals surface area contributed by atoms with Gasteiger partial charge >= 0.3 is 0 Å². The fourth-order valence-electron chi connectivity index (χ4n) is 5.25. The third-order valence-corrected chi connectivity index (χ3v) is 10.1. The lowest BCUT2D eigenvalue weighted by atomic mass is 9.78. The van der Waals surface area contributed by atoms with Gasteiger partial charge in [0.2, 0.25) is 0 Å². The minimum atomic E-state index is -3.59. The van der Waals surface area contributed by atoms with E-state index in [1.807, 2.05) is 19.1 Å². The summed E-state index contributed by atoms with van der Waals surface area (Å²) in [6, 6.07) is 8.28. The average molecular weight is 484 g/mol. The van der Waals surface area contributed by atoms with Gasteiger partial charge in [0.1, 0.15) is 5.75 Å². The van der Waals surface area contributed by atoms with Gasteiger partial charge in [0.05, 0.1) is 12.4 Å². The first kappa shape index (κ1) is 25.2. The molecule has 9 heteroatoms. The topological polar surface area (TPSA) is 92.9 Å². The van der Waals surface area contributed by atoms with E-state index in [0.717, 1.165) is 42.6 Å². The van der Waals surface area contributed by atoms with E-state index in [1.54, 1.807) is 11.2 Å². The van der Waals surface area contributed by atoms with Crippen LogP contribution < -0.4 is 15.4 Å². The Kier molecular flexibility index (Phi) is 8.04. The molecule has 0 radical (unpaired) electrons. The Morgan fingerprint density at radius 2 is 1.91 bits per heavy atom. The molecule has 3 unspecified atom stereocenters. The lowest BCUT2D eigenvalue weighted by molar-refractivity contribution is -0.130. The van der Waals surface area contributed by atoms with Gasteiger partial charge in [-0.25, -0.2) is 8.42 Å². The highest BCUT2D eigenvalue weighted by molar-refractivity contribution is 8.14. The highest BCUT2D eigenvalue weighted by atomic mass is 32.3. The second-order valence-electron chi connectivity index (χ2n) is 9.64. The first-order valence-corrected chi connectivity index (χ1v) is 14.3. The van der Waals surface area contributed by atoms with Gasteiger partial charge in [-0.05, 0) is 61.6 Å². The standard InChI is InChI=1S/C23H37N3O4S2/c1-5-30-20-8-6-18(7-9-20)26-15-17-12-23(2,3)13-19(26)16-25(14-17)21(27)22(31-4)32(28,29)11-10-24/h6-9,17,19,22H,5,10-16,24H2,1-4H3. The molecule has 3 rings (SSSR count). The van der Waals surface area contributed by atoms with Crippen LogP contribution in [0.3, 0.4) is 0 Å². The highest BCUT2D eigenvalue weighted by Crippen LogP contribution is 2.41. The van der Waals surface area contributed by atoms with E-state index in [0.29, 0.717) is 19.7 Å². The molecule has 0 aromatic heterocycles. The zero-order valence-corrected chi connectivity index (χ0v) is 21.3. The van der Waals surface area contributed by atoms with Crippen molar-refractivity contribution in [1.82, 2.24) is 4.90 Å². The van der Waals surface area contributed by atoms with Crippen LogP contribution in [0.1, 0.15) is 33.6 Å². The van der Waals surface area contributed by atoms with Gasteiger partial charge in [0, 0.05) is 37.9 Å². The van der Waals surface area contributed by atoms with Crippen LogP contribution in [-0.2, 0) is 14.6 Å². The van der Waals surface area contributed by atoms with E-state index >= 15 is 0 Å². The number of carbonyl (C=O) groups excluding carboxylic acids is 1. The SMILES string of the molecule is CCOc1ccc(N2CC3CN(C(=O)C(SC)S(=O)(=O)CCN)CC2CC(C)(C)C3)cc1. The predicted octanol–water partition coefficient (Wildman–Crippen LogP) is 2.60. The predicted molar refractivity (Wildman–Crippen MR) is 132 cm³/mol. The minimum Gasteiger partial charge on any atom is -0.494 e. The number of thioether (sulfide) groups is 1. The Balaban J connectivity index is 1.88. The summed E-state index contributed by atoms with van der Waals surface area (Å²) in [5, 5.41) is 0. The van der Waals surface area contributed by atoms with Crippen LogP contribution in [0.5, 0.6) is 5.75 Å². The molecule has 1 aromatic carbocycles. The summed E-state index contributed by atoms with van der Waals surface area (Å²) in [6.07, 6.45) is 3.63. The quantitative estimate of drug-likeness (QED) is 0.607. The summed E-state index contributed by atoms with van der Waals surface area (Å²) in [7, 11) is -3.59. The fourth-order valence-corrected chi connectivity index (χ4v) is 8.06. The Labute approximate surface area is 197 Å². The number of nitrogens with zero attached hydrogens (tertiary/aromatic N) is 2. The van der Waals surface area contributed by atoms with Crippen LogP contribution in [0, 0.1) is 11.3 Å². The van der Waals surface area contributed by atoms with Gasteiger partial charge in [-0.3, -0.25) is 4.79 Å². The summed E-state index contributed by atoms with van der Waals surface area (Å²) >= 11 is 1.09. The van der Waals surface area contributed by atoms with Crippen molar-refractivity contribution in [1.29, 1.82) is 0 Å². The van der Waals surface area contributed by atoms with Crippen LogP contribution in [0.25, 0.3) is 0 Å². The molecule has 0 spiro atoms. The number of carbonyl (C=O) groups is 1. The number of fused-ring (bicyclic) bond motifs is 3. The molecule has 2 aliphatic rings. The molecule has 7 nitrogen and oxygen atoms in total. The summed E-state index contributed by atoms with van der Waals surface area (Å²) in [6.45, 7) is 9.18. The normalized spacial score (nSPS) is 24.0. The molecular formula is C23H37N3O4S2. The number of nitrogens with two attached hydrogens (primary N) is 1. The molecular weight excluding hydrogens is 446 g/mol. The molecule has 1 amide bonds. The van der Waals surface area contributed by atoms with Crippen molar-refractivity contribution < 1.29 is 17.9 Å². The maximum absolute atomic E-state index is 13.4. The number of amides is 1. The minimum absolute atomic E-state index is 0.0254. The van der Waals surface area contributed by atoms with Crippen molar-refractivity contribution in [3.05, 3.63) is 24.3 Å². The van der Waals surface area contributed by atoms with Crippen molar-refractivity contribution in [2.45, 2.75) is 44.2 Å². The van der Waals surface area contributed by atoms with Gasteiger partial charge in [-0.15, -0.1) is 11.8 Å². The number of sulfone groups is 1. The molecule has 32 heavy (non-hydrogen) atoms. The van der Waals surface area contributed by atoms with Crippen molar-refractivity contribution in [2.75, 3.05) is 49.7 Å². The van der Waals surface area contributed by atoms with E-state index in [-0.39, 0.29) is 35.6 Å². The van der Waals surface area contributed by atoms with Crippen LogP contribution in [0.15, 0.2) is 24.3 Å². The largest absolute Gasteiger partial charge is 0.494 e. The molecule has 2 N–H and O–H groups in total. The van der Waals surface area contributed by atoms with Crippen LogP contribution in [0.4, 0.5) is 5.69 Å². The summed E-state index contributed by atoms with van der Waals surface area (Å²) in [5.74, 6) is 0.650. The lowest BCUT2D eigenvalue weighted by Gasteiger charge is -2.38. The van der Waals surface area contributed by atoms with Crippen molar-refractivity contribution in [3.8, 4) is 5.75 Å². The first-order valence-electron chi connectivity index (χ1n) is 11.3. The van der Waals surface area contributed by atoms with Gasteiger partial charge < -0.3 is 20.3 Å². The van der Waals surface area contributed by atoms with E-state index in [2.05, 4.69) is 30.9 Å². The highest BCUT2D eigenvalue weighted by Gasteiger charge is 2.43. The van der Waals surface area contributed by atoms with Gasteiger partial charge in [0.15, 0.2) is 14.4 Å². The third kappa shape index (κ3) is 5.72. The average Bonchev–Trinajstić information content (AvgIpc) is 2.94. The van der Waals surface area contributed by atoms with Crippen molar-refractivity contribution in [3.63, 3.8) is 0 Å². The number of hydrogen-bond acceptors (Lipinski definition) is 7. The van der Waals surface area contributed by atoms with Gasteiger partial charge in [-0.2, -0.15) is 0 Å². The van der Waals surface area contributed by atoms with E-state index < -0.39 is 14.4 Å². The smallest absolute Gasteiger partial charge is 0.251 e. The van der Waals surface area contributed by atoms with Gasteiger partial charge in [0.25, 0.3) is 5.91 Å². The molecule has 0 saturated carbocycles. The van der Waals surface area contributed by atoms with Crippen LogP contribution in [0.2, 0.25) is 0 Å². The lowest BCUT2D eigenvalue weighted by Crippen LogP contribution is -2.49. The number of benzene rings is 1. The molecule has 1 aromatic rings. The second kappa shape index (κ2) is 10.2. The first-order chi connectivity index (χ1) is 15.1. The maximum atomic E-state index is 13.4. The number of ether oxygens (including phenoxy) is 1.